The van der Waals surface area contributed by atoms with Crippen LogP contribution in [0.4, 0.5) is 0 Å². The number of rotatable bonds is 3. The molecule has 0 aliphatic heterocycles. The van der Waals surface area contributed by atoms with Gasteiger partial charge in [0.05, 0.1) is 14.1 Å². The number of carboxylic acids is 1. The SMILES string of the molecule is C#CC[N+](C)(C)CC(=O)O.[Br-]. The van der Waals surface area contributed by atoms with Crippen LogP contribution in [0.5, 0.6) is 0 Å². The van der Waals surface area contributed by atoms with Crippen molar-refractivity contribution < 1.29 is 31.4 Å². The van der Waals surface area contributed by atoms with Gasteiger partial charge in [-0.25, -0.2) is 4.79 Å². The predicted molar refractivity (Wildman–Crippen MR) is 38.3 cm³/mol. The van der Waals surface area contributed by atoms with E-state index in [1.165, 1.54) is 0 Å². The lowest BCUT2D eigenvalue weighted by Gasteiger charge is -2.24. The number of nitrogens with zero attached hydrogens (tertiary/aromatic N) is 1. The molecule has 4 heteroatoms. The van der Waals surface area contributed by atoms with Crippen molar-refractivity contribution in [1.29, 1.82) is 0 Å². The average molecular weight is 222 g/mol. The second-order valence-corrected chi connectivity index (χ2v) is 2.85. The van der Waals surface area contributed by atoms with Gasteiger partial charge in [0.15, 0.2) is 6.54 Å². The first-order valence-corrected chi connectivity index (χ1v) is 2.95. The number of quaternary nitrogens is 1. The molecule has 0 aromatic heterocycles. The van der Waals surface area contributed by atoms with Crippen molar-refractivity contribution in [2.24, 2.45) is 0 Å². The number of hydrogen-bond donors (Lipinski definition) is 1. The molecule has 11 heavy (non-hydrogen) atoms. The second-order valence-electron chi connectivity index (χ2n) is 2.85. The second kappa shape index (κ2) is 5.16. The molecular formula is C7H12BrNO2. The van der Waals surface area contributed by atoms with E-state index in [0.29, 0.717) is 11.0 Å². The summed E-state index contributed by atoms with van der Waals surface area (Å²) >= 11 is 0. The molecule has 0 radical (unpaired) electrons. The van der Waals surface area contributed by atoms with Gasteiger partial charge in [0.1, 0.15) is 6.54 Å². The molecular weight excluding hydrogens is 210 g/mol. The molecule has 0 unspecified atom stereocenters. The van der Waals surface area contributed by atoms with Gasteiger partial charge in [-0.1, -0.05) is 0 Å². The van der Waals surface area contributed by atoms with Crippen LogP contribution in [0.15, 0.2) is 0 Å². The van der Waals surface area contributed by atoms with Gasteiger partial charge < -0.3 is 26.6 Å². The fraction of sp³-hybridized carbons (Fsp3) is 0.571. The van der Waals surface area contributed by atoms with Crippen LogP contribution >= 0.6 is 0 Å². The number of terminal acetylenes is 1. The van der Waals surface area contributed by atoms with Gasteiger partial charge in [-0.15, -0.1) is 6.42 Å². The van der Waals surface area contributed by atoms with Crippen LogP contribution in [0.3, 0.4) is 0 Å². The fourth-order valence-electron chi connectivity index (χ4n) is 0.669. The van der Waals surface area contributed by atoms with Crippen molar-refractivity contribution in [3.8, 4) is 12.3 Å². The van der Waals surface area contributed by atoms with E-state index >= 15 is 0 Å². The maximum Gasteiger partial charge on any atom is 0.359 e. The Hall–Kier alpha value is -0.530. The molecule has 0 heterocycles. The lowest BCUT2D eigenvalue weighted by Crippen LogP contribution is -3.00. The minimum absolute atomic E-state index is 0. The van der Waals surface area contributed by atoms with E-state index in [0.717, 1.165) is 0 Å². The van der Waals surface area contributed by atoms with Crippen LogP contribution in [0.1, 0.15) is 0 Å². The first kappa shape index (κ1) is 13.1. The lowest BCUT2D eigenvalue weighted by atomic mass is 10.4. The van der Waals surface area contributed by atoms with Gasteiger partial charge >= 0.3 is 5.97 Å². The molecule has 0 saturated heterocycles. The van der Waals surface area contributed by atoms with Gasteiger partial charge in [0.2, 0.25) is 0 Å². The summed E-state index contributed by atoms with van der Waals surface area (Å²) in [7, 11) is 3.57. The van der Waals surface area contributed by atoms with Gasteiger partial charge in [0.25, 0.3) is 0 Å². The molecule has 0 aromatic carbocycles. The lowest BCUT2D eigenvalue weighted by molar-refractivity contribution is -0.875. The van der Waals surface area contributed by atoms with Gasteiger partial charge in [-0.05, 0) is 5.92 Å². The van der Waals surface area contributed by atoms with Crippen molar-refractivity contribution >= 4 is 5.97 Å². The highest BCUT2D eigenvalue weighted by Crippen LogP contribution is 1.93. The largest absolute Gasteiger partial charge is 1.00 e. The molecule has 1 N–H and O–H groups in total. The van der Waals surface area contributed by atoms with E-state index in [4.69, 9.17) is 11.5 Å². The average Bonchev–Trinajstić information content (AvgIpc) is 1.59. The minimum atomic E-state index is -0.819. The third-order valence-corrected chi connectivity index (χ3v) is 1.08. The van der Waals surface area contributed by atoms with Crippen molar-refractivity contribution in [2.75, 3.05) is 27.2 Å². The fourth-order valence-corrected chi connectivity index (χ4v) is 0.669. The number of carboxylic acid groups (broad SMARTS) is 1. The molecule has 0 amide bonds. The van der Waals surface area contributed by atoms with Crippen LogP contribution in [-0.2, 0) is 4.79 Å². The number of halogens is 1. The van der Waals surface area contributed by atoms with E-state index in [2.05, 4.69) is 5.92 Å². The Morgan fingerprint density at radius 2 is 2.09 bits per heavy atom. The van der Waals surface area contributed by atoms with Crippen LogP contribution in [-0.4, -0.2) is 42.7 Å². The zero-order valence-corrected chi connectivity index (χ0v) is 8.26. The maximum absolute atomic E-state index is 10.2. The van der Waals surface area contributed by atoms with Crippen molar-refractivity contribution in [2.45, 2.75) is 0 Å². The summed E-state index contributed by atoms with van der Waals surface area (Å²) in [5, 5.41) is 8.39. The van der Waals surface area contributed by atoms with Gasteiger partial charge in [0, 0.05) is 0 Å². The summed E-state index contributed by atoms with van der Waals surface area (Å²) < 4.78 is 0.339. The van der Waals surface area contributed by atoms with Crippen LogP contribution < -0.4 is 17.0 Å². The summed E-state index contributed by atoms with van der Waals surface area (Å²) in [4.78, 5) is 10.2. The monoisotopic (exact) mass is 221 g/mol. The zero-order valence-electron chi connectivity index (χ0n) is 6.67. The predicted octanol–water partition coefficient (Wildman–Crippen LogP) is -3.22. The summed E-state index contributed by atoms with van der Waals surface area (Å²) in [5.74, 6) is 1.60. The Morgan fingerprint density at radius 1 is 1.64 bits per heavy atom. The van der Waals surface area contributed by atoms with Gasteiger partial charge in [-0.2, -0.15) is 0 Å². The molecule has 3 nitrogen and oxygen atoms in total. The Kier molecular flexibility index (Phi) is 6.14. The molecule has 0 fully saturated rings. The van der Waals surface area contributed by atoms with Crippen molar-refractivity contribution in [1.82, 2.24) is 0 Å². The Labute approximate surface area is 77.4 Å². The Morgan fingerprint density at radius 3 is 2.36 bits per heavy atom. The molecule has 0 aromatic rings. The third-order valence-electron chi connectivity index (χ3n) is 1.08. The normalized spacial score (nSPS) is 9.55. The highest BCUT2D eigenvalue weighted by atomic mass is 79.9. The molecule has 0 saturated carbocycles. The van der Waals surface area contributed by atoms with E-state index in [1.807, 2.05) is 0 Å². The molecule has 0 aliphatic carbocycles. The highest BCUT2D eigenvalue weighted by molar-refractivity contribution is 5.67. The molecule has 0 bridgehead atoms. The molecule has 0 spiro atoms. The number of carbonyl (C=O) groups is 1. The number of aliphatic carboxylic acids is 1. The number of hydrogen-bond acceptors (Lipinski definition) is 1. The van der Waals surface area contributed by atoms with Crippen molar-refractivity contribution in [3.63, 3.8) is 0 Å². The van der Waals surface area contributed by atoms with E-state index in [-0.39, 0.29) is 23.5 Å². The van der Waals surface area contributed by atoms with Crippen LogP contribution in [0.2, 0.25) is 0 Å². The Bertz CT molecular complexity index is 172. The standard InChI is InChI=1S/C7H11NO2.BrH/c1-4-5-8(2,3)6-7(9)10;/h1H,5-6H2,2-3H3;1H. The highest BCUT2D eigenvalue weighted by Gasteiger charge is 2.17. The summed E-state index contributed by atoms with van der Waals surface area (Å²) in [6.45, 7) is 0.524. The molecule has 64 valence electrons. The smallest absolute Gasteiger partial charge is 0.359 e. The topological polar surface area (TPSA) is 37.3 Å². The van der Waals surface area contributed by atoms with Crippen LogP contribution in [0, 0.1) is 12.3 Å². The van der Waals surface area contributed by atoms with E-state index < -0.39 is 5.97 Å². The number of likely N-dealkylation sites (N-methyl/N-ethyl adjacent to an activating group) is 1. The minimum Gasteiger partial charge on any atom is -1.00 e. The Balaban J connectivity index is 0. The summed E-state index contributed by atoms with van der Waals surface area (Å²) in [6, 6.07) is 0. The first-order valence-electron chi connectivity index (χ1n) is 2.95. The van der Waals surface area contributed by atoms with E-state index in [9.17, 15) is 4.79 Å². The summed E-state index contributed by atoms with van der Waals surface area (Å²) in [5.41, 5.74) is 0. The van der Waals surface area contributed by atoms with Crippen LogP contribution in [0.25, 0.3) is 0 Å². The molecule has 0 atom stereocenters. The molecule has 0 rings (SSSR count). The first-order chi connectivity index (χ1) is 4.48. The molecule has 0 aliphatic rings. The quantitative estimate of drug-likeness (QED) is 0.403. The van der Waals surface area contributed by atoms with Gasteiger partial charge in [-0.3, -0.25) is 0 Å². The summed E-state index contributed by atoms with van der Waals surface area (Å²) in [6.07, 6.45) is 5.03. The van der Waals surface area contributed by atoms with Crippen molar-refractivity contribution in [3.05, 3.63) is 0 Å². The third kappa shape index (κ3) is 7.37. The van der Waals surface area contributed by atoms with E-state index in [1.54, 1.807) is 14.1 Å². The zero-order chi connectivity index (χ0) is 8.20. The maximum atomic E-state index is 10.2.